The molecule has 1 aliphatic carbocycles. The molecule has 1 aromatic heterocycles. The molecule has 1 unspecified atom stereocenters. The number of thioether (sulfide) groups is 1. The van der Waals surface area contributed by atoms with Gasteiger partial charge in [-0.15, -0.1) is 0 Å². The van der Waals surface area contributed by atoms with Gasteiger partial charge in [-0.1, -0.05) is 12.8 Å². The molecule has 0 amide bonds. The van der Waals surface area contributed by atoms with E-state index in [-0.39, 0.29) is 0 Å². The first-order chi connectivity index (χ1) is 8.22. The lowest BCUT2D eigenvalue weighted by atomic mass is 10.2. The van der Waals surface area contributed by atoms with Crippen LogP contribution in [0.15, 0.2) is 10.7 Å². The second-order valence-corrected chi connectivity index (χ2v) is 6.77. The van der Waals surface area contributed by atoms with Crippen molar-refractivity contribution in [3.8, 4) is 0 Å². The van der Waals surface area contributed by atoms with E-state index >= 15 is 0 Å². The van der Waals surface area contributed by atoms with Gasteiger partial charge in [-0.05, 0) is 35.8 Å². The Hall–Kier alpha value is 0. The zero-order valence-electron chi connectivity index (χ0n) is 10.4. The van der Waals surface area contributed by atoms with E-state index < -0.39 is 0 Å². The van der Waals surface area contributed by atoms with Crippen LogP contribution in [0.2, 0.25) is 0 Å². The summed E-state index contributed by atoms with van der Waals surface area (Å²) < 4.78 is 3.06. The third-order valence-corrected chi connectivity index (χ3v) is 5.50. The molecule has 1 aromatic rings. The highest BCUT2D eigenvalue weighted by Crippen LogP contribution is 2.33. The Bertz CT molecular complexity index is 341. The van der Waals surface area contributed by atoms with E-state index in [1.165, 1.54) is 31.4 Å². The molecule has 1 saturated carbocycles. The molecule has 96 valence electrons. The van der Waals surface area contributed by atoms with Crippen molar-refractivity contribution >= 4 is 27.7 Å². The smallest absolute Gasteiger partial charge is 0.0700 e. The Kier molecular flexibility index (Phi) is 4.94. The van der Waals surface area contributed by atoms with Gasteiger partial charge in [0.15, 0.2) is 0 Å². The highest BCUT2D eigenvalue weighted by Gasteiger charge is 2.21. The third kappa shape index (κ3) is 3.26. The first-order valence-electron chi connectivity index (χ1n) is 6.18. The number of aromatic nitrogens is 2. The van der Waals surface area contributed by atoms with E-state index in [9.17, 15) is 0 Å². The van der Waals surface area contributed by atoms with Gasteiger partial charge in [0.05, 0.1) is 22.4 Å². The van der Waals surface area contributed by atoms with Crippen LogP contribution in [-0.2, 0) is 7.05 Å². The fourth-order valence-electron chi connectivity index (χ4n) is 2.40. The molecular weight excluding hydrogens is 298 g/mol. The minimum atomic E-state index is 0.377. The normalized spacial score (nSPS) is 18.8. The monoisotopic (exact) mass is 317 g/mol. The SMILES string of the molecule is CNC(CSC1CCCC1)c1c(Br)cnn1C. The van der Waals surface area contributed by atoms with E-state index in [0.717, 1.165) is 15.5 Å². The van der Waals surface area contributed by atoms with Crippen LogP contribution in [-0.4, -0.2) is 27.8 Å². The van der Waals surface area contributed by atoms with Crippen LogP contribution in [0.3, 0.4) is 0 Å². The molecule has 1 N–H and O–H groups in total. The lowest BCUT2D eigenvalue weighted by Crippen LogP contribution is -2.23. The molecule has 3 nitrogen and oxygen atoms in total. The van der Waals surface area contributed by atoms with Gasteiger partial charge < -0.3 is 5.32 Å². The molecule has 17 heavy (non-hydrogen) atoms. The largest absolute Gasteiger partial charge is 0.311 e. The zero-order valence-corrected chi connectivity index (χ0v) is 12.9. The summed E-state index contributed by atoms with van der Waals surface area (Å²) in [7, 11) is 4.03. The van der Waals surface area contributed by atoms with Gasteiger partial charge in [0.2, 0.25) is 0 Å². The van der Waals surface area contributed by atoms with Gasteiger partial charge in [0, 0.05) is 18.1 Å². The van der Waals surface area contributed by atoms with Gasteiger partial charge in [0.1, 0.15) is 0 Å². The summed E-state index contributed by atoms with van der Waals surface area (Å²) in [5.41, 5.74) is 1.25. The molecular formula is C12H20BrN3S. The molecule has 5 heteroatoms. The molecule has 0 aliphatic heterocycles. The summed E-state index contributed by atoms with van der Waals surface area (Å²) in [6, 6.07) is 0.377. The summed E-state index contributed by atoms with van der Waals surface area (Å²) in [6.45, 7) is 0. The van der Waals surface area contributed by atoms with Crippen molar-refractivity contribution in [3.63, 3.8) is 0 Å². The third-order valence-electron chi connectivity index (χ3n) is 3.42. The Labute approximate surface area is 116 Å². The number of rotatable bonds is 5. The maximum absolute atomic E-state index is 4.29. The number of hydrogen-bond donors (Lipinski definition) is 1. The first-order valence-corrected chi connectivity index (χ1v) is 8.02. The Morgan fingerprint density at radius 2 is 2.29 bits per heavy atom. The van der Waals surface area contributed by atoms with Crippen molar-refractivity contribution in [1.29, 1.82) is 0 Å². The summed E-state index contributed by atoms with van der Waals surface area (Å²) in [6.07, 6.45) is 7.50. The van der Waals surface area contributed by atoms with Gasteiger partial charge in [-0.2, -0.15) is 16.9 Å². The number of halogens is 1. The van der Waals surface area contributed by atoms with Crippen molar-refractivity contribution in [3.05, 3.63) is 16.4 Å². The van der Waals surface area contributed by atoms with E-state index in [0.29, 0.717) is 6.04 Å². The van der Waals surface area contributed by atoms with E-state index in [2.05, 4.69) is 38.1 Å². The molecule has 0 radical (unpaired) electrons. The summed E-state index contributed by atoms with van der Waals surface area (Å²) in [5, 5.41) is 8.56. The van der Waals surface area contributed by atoms with Crippen molar-refractivity contribution in [1.82, 2.24) is 15.1 Å². The molecule has 0 saturated heterocycles. The average molecular weight is 318 g/mol. The van der Waals surface area contributed by atoms with Crippen molar-refractivity contribution < 1.29 is 0 Å². The summed E-state index contributed by atoms with van der Waals surface area (Å²) >= 11 is 5.69. The van der Waals surface area contributed by atoms with Crippen molar-refractivity contribution in [2.45, 2.75) is 37.0 Å². The van der Waals surface area contributed by atoms with E-state index in [1.807, 2.05) is 25.0 Å². The highest BCUT2D eigenvalue weighted by atomic mass is 79.9. The number of hydrogen-bond acceptors (Lipinski definition) is 3. The maximum Gasteiger partial charge on any atom is 0.0700 e. The number of nitrogens with one attached hydrogen (secondary N) is 1. The molecule has 0 bridgehead atoms. The standard InChI is InChI=1S/C12H20BrN3S/c1-14-11(8-17-9-5-3-4-6-9)12-10(13)7-15-16(12)2/h7,9,11,14H,3-6,8H2,1-2H3. The van der Waals surface area contributed by atoms with Crippen LogP contribution in [0.5, 0.6) is 0 Å². The number of aryl methyl sites for hydroxylation is 1. The Balaban J connectivity index is 1.96. The van der Waals surface area contributed by atoms with E-state index in [1.54, 1.807) is 0 Å². The Morgan fingerprint density at radius 1 is 1.59 bits per heavy atom. The van der Waals surface area contributed by atoms with Crippen LogP contribution in [0.1, 0.15) is 37.4 Å². The van der Waals surface area contributed by atoms with Crippen molar-refractivity contribution in [2.24, 2.45) is 7.05 Å². The maximum atomic E-state index is 4.29. The average Bonchev–Trinajstić information content (AvgIpc) is 2.93. The van der Waals surface area contributed by atoms with Gasteiger partial charge in [-0.3, -0.25) is 4.68 Å². The summed E-state index contributed by atoms with van der Waals surface area (Å²) in [5.74, 6) is 1.12. The second kappa shape index (κ2) is 6.25. The van der Waals surface area contributed by atoms with Gasteiger partial charge in [-0.25, -0.2) is 0 Å². The van der Waals surface area contributed by atoms with Gasteiger partial charge in [0.25, 0.3) is 0 Å². The predicted octanol–water partition coefficient (Wildman–Crippen LogP) is 3.12. The fourth-order valence-corrected chi connectivity index (χ4v) is 4.48. The molecule has 0 spiro atoms. The zero-order chi connectivity index (χ0) is 12.3. The van der Waals surface area contributed by atoms with Crippen LogP contribution < -0.4 is 5.32 Å². The predicted molar refractivity (Wildman–Crippen MR) is 77.4 cm³/mol. The molecule has 2 rings (SSSR count). The minimum absolute atomic E-state index is 0.377. The van der Waals surface area contributed by atoms with Gasteiger partial charge >= 0.3 is 0 Å². The number of nitrogens with zero attached hydrogens (tertiary/aromatic N) is 2. The molecule has 1 atom stereocenters. The summed E-state index contributed by atoms with van der Waals surface area (Å²) in [4.78, 5) is 0. The minimum Gasteiger partial charge on any atom is -0.311 e. The van der Waals surface area contributed by atoms with Crippen LogP contribution in [0, 0.1) is 0 Å². The first kappa shape index (κ1) is 13.4. The molecule has 0 aromatic carbocycles. The molecule has 1 heterocycles. The topological polar surface area (TPSA) is 29.9 Å². The molecule has 1 aliphatic rings. The van der Waals surface area contributed by atoms with Crippen LogP contribution >= 0.6 is 27.7 Å². The quantitative estimate of drug-likeness (QED) is 0.905. The lowest BCUT2D eigenvalue weighted by molar-refractivity contribution is 0.583. The van der Waals surface area contributed by atoms with Crippen molar-refractivity contribution in [2.75, 3.05) is 12.8 Å². The lowest BCUT2D eigenvalue weighted by Gasteiger charge is -2.19. The second-order valence-electron chi connectivity index (χ2n) is 4.58. The van der Waals surface area contributed by atoms with E-state index in [4.69, 9.17) is 0 Å². The molecule has 1 fully saturated rings. The van der Waals surface area contributed by atoms with Crippen LogP contribution in [0.25, 0.3) is 0 Å². The fraction of sp³-hybridized carbons (Fsp3) is 0.750. The Morgan fingerprint density at radius 3 is 2.82 bits per heavy atom. The van der Waals surface area contributed by atoms with Crippen LogP contribution in [0.4, 0.5) is 0 Å². The highest BCUT2D eigenvalue weighted by molar-refractivity contribution is 9.10.